The van der Waals surface area contributed by atoms with Gasteiger partial charge in [0.2, 0.25) is 0 Å². The third-order valence-corrected chi connectivity index (χ3v) is 2.98. The molecule has 3 aromatic rings. The Bertz CT molecular complexity index is 571. The summed E-state index contributed by atoms with van der Waals surface area (Å²) in [6.45, 7) is 0. The normalized spacial score (nSPS) is 9.65. The van der Waals surface area contributed by atoms with Crippen LogP contribution in [0, 0.1) is 0 Å². The number of hydrogen-bond donors (Lipinski definition) is 2. The van der Waals surface area contributed by atoms with Crippen LogP contribution in [0.4, 0.5) is 0 Å². The number of H-pyrrole nitrogens is 1. The average Bonchev–Trinajstić information content (AvgIpc) is 3.01. The number of primary amides is 1. The van der Waals surface area contributed by atoms with Gasteiger partial charge in [-0.1, -0.05) is 18.2 Å². The van der Waals surface area contributed by atoms with Crippen LogP contribution in [0.15, 0.2) is 48.1 Å². The van der Waals surface area contributed by atoms with Gasteiger partial charge in [-0.25, -0.2) is 4.98 Å². The van der Waals surface area contributed by atoms with Crippen molar-refractivity contribution in [2.24, 2.45) is 5.73 Å². The molecule has 0 aliphatic rings. The van der Waals surface area contributed by atoms with Crippen LogP contribution in [-0.4, -0.2) is 15.9 Å². The number of carbonyl (C=O) groups excluding carboxylic acids is 1. The zero-order valence-electron chi connectivity index (χ0n) is 8.96. The molecular weight excluding hydrogens is 234 g/mol. The predicted octanol–water partition coefficient (Wildman–Crippen LogP) is 2.41. The third-order valence-electron chi connectivity index (χ3n) is 2.09. The van der Waals surface area contributed by atoms with E-state index in [2.05, 4.69) is 9.97 Å². The van der Waals surface area contributed by atoms with Gasteiger partial charge in [-0.3, -0.25) is 4.79 Å². The summed E-state index contributed by atoms with van der Waals surface area (Å²) >= 11 is 1.36. The Labute approximate surface area is 102 Å². The molecule has 0 saturated carbocycles. The molecule has 3 N–H and O–H groups in total. The smallest absolute Gasteiger partial charge is 0.258 e. The number of para-hydroxylation sites is 2. The van der Waals surface area contributed by atoms with E-state index in [1.54, 1.807) is 18.5 Å². The van der Waals surface area contributed by atoms with Gasteiger partial charge in [-0.2, -0.15) is 0 Å². The van der Waals surface area contributed by atoms with E-state index < -0.39 is 0 Å². The Morgan fingerprint density at radius 1 is 1.24 bits per heavy atom. The summed E-state index contributed by atoms with van der Waals surface area (Å²) in [5.74, 6) is -0.347. The summed E-state index contributed by atoms with van der Waals surface area (Å²) in [4.78, 5) is 18.0. The van der Waals surface area contributed by atoms with Crippen LogP contribution in [0.1, 0.15) is 9.67 Å². The molecule has 0 unspecified atom stereocenters. The third kappa shape index (κ3) is 2.92. The molecule has 0 aliphatic carbocycles. The first-order valence-electron chi connectivity index (χ1n) is 4.99. The van der Waals surface area contributed by atoms with Gasteiger partial charge >= 0.3 is 0 Å². The number of carbonyl (C=O) groups is 1. The maximum absolute atomic E-state index is 10.3. The fourth-order valence-electron chi connectivity index (χ4n) is 1.30. The van der Waals surface area contributed by atoms with E-state index in [1.165, 1.54) is 11.3 Å². The number of amides is 1. The molecule has 0 aliphatic heterocycles. The quantitative estimate of drug-likeness (QED) is 0.691. The zero-order chi connectivity index (χ0) is 12.1. The van der Waals surface area contributed by atoms with E-state index >= 15 is 0 Å². The molecule has 0 fully saturated rings. The van der Waals surface area contributed by atoms with Crippen molar-refractivity contribution in [3.05, 3.63) is 53.0 Å². The summed E-state index contributed by atoms with van der Waals surface area (Å²) in [5.41, 5.74) is 7.05. The monoisotopic (exact) mass is 245 g/mol. The molecule has 3 rings (SSSR count). The molecule has 0 radical (unpaired) electrons. The number of fused-ring (bicyclic) bond motifs is 1. The first-order chi connectivity index (χ1) is 8.27. The Morgan fingerprint density at radius 3 is 2.65 bits per heavy atom. The number of benzene rings is 1. The minimum atomic E-state index is -0.347. The van der Waals surface area contributed by atoms with Crippen LogP contribution in [0.5, 0.6) is 0 Å². The Morgan fingerprint density at radius 2 is 2.06 bits per heavy atom. The van der Waals surface area contributed by atoms with Crippen LogP contribution in [0.3, 0.4) is 0 Å². The molecule has 1 aromatic carbocycles. The van der Waals surface area contributed by atoms with E-state index in [1.807, 2.05) is 29.6 Å². The SMILES string of the molecule is NC(=O)c1cccs1.c1ccc2[nH]cnc2c1. The Hall–Kier alpha value is -2.14. The van der Waals surface area contributed by atoms with Crippen molar-refractivity contribution in [3.8, 4) is 0 Å². The van der Waals surface area contributed by atoms with E-state index in [0.29, 0.717) is 4.88 Å². The summed E-state index contributed by atoms with van der Waals surface area (Å²) in [6, 6.07) is 11.4. The van der Waals surface area contributed by atoms with Crippen molar-refractivity contribution in [1.82, 2.24) is 9.97 Å². The minimum Gasteiger partial charge on any atom is -0.365 e. The second-order valence-electron chi connectivity index (χ2n) is 3.26. The van der Waals surface area contributed by atoms with Gasteiger partial charge in [-0.15, -0.1) is 11.3 Å². The highest BCUT2D eigenvalue weighted by Crippen LogP contribution is 2.06. The van der Waals surface area contributed by atoms with Gasteiger partial charge in [0.25, 0.3) is 5.91 Å². The number of thiophene rings is 1. The maximum atomic E-state index is 10.3. The van der Waals surface area contributed by atoms with Crippen LogP contribution in [0.25, 0.3) is 11.0 Å². The summed E-state index contributed by atoms with van der Waals surface area (Å²) in [7, 11) is 0. The highest BCUT2D eigenvalue weighted by molar-refractivity contribution is 7.12. The number of aromatic amines is 1. The van der Waals surface area contributed by atoms with Crippen molar-refractivity contribution in [2.75, 3.05) is 0 Å². The van der Waals surface area contributed by atoms with Crippen molar-refractivity contribution >= 4 is 28.3 Å². The Balaban J connectivity index is 0.000000128. The lowest BCUT2D eigenvalue weighted by molar-refractivity contribution is 0.100. The molecule has 5 heteroatoms. The molecule has 0 spiro atoms. The highest BCUT2D eigenvalue weighted by Gasteiger charge is 1.96. The van der Waals surface area contributed by atoms with Crippen LogP contribution < -0.4 is 5.73 Å². The fourth-order valence-corrected chi connectivity index (χ4v) is 1.88. The topological polar surface area (TPSA) is 71.8 Å². The van der Waals surface area contributed by atoms with Crippen molar-refractivity contribution in [2.45, 2.75) is 0 Å². The lowest BCUT2D eigenvalue weighted by Crippen LogP contribution is -2.07. The van der Waals surface area contributed by atoms with E-state index in [9.17, 15) is 4.79 Å². The lowest BCUT2D eigenvalue weighted by atomic mass is 10.3. The number of rotatable bonds is 1. The maximum Gasteiger partial charge on any atom is 0.258 e. The molecule has 0 atom stereocenters. The Kier molecular flexibility index (Phi) is 3.52. The standard InChI is InChI=1S/C7H6N2.C5H5NOS/c1-2-4-7-6(3-1)8-5-9-7;6-5(7)4-2-1-3-8-4/h1-5H,(H,8,9);1-3H,(H2,6,7). The van der Waals surface area contributed by atoms with Gasteiger partial charge in [0.05, 0.1) is 22.2 Å². The second-order valence-corrected chi connectivity index (χ2v) is 4.21. The van der Waals surface area contributed by atoms with Crippen molar-refractivity contribution < 1.29 is 4.79 Å². The summed E-state index contributed by atoms with van der Waals surface area (Å²) in [5, 5.41) is 1.82. The molecule has 2 aromatic heterocycles. The zero-order valence-corrected chi connectivity index (χ0v) is 9.78. The summed E-state index contributed by atoms with van der Waals surface area (Å²) in [6.07, 6.45) is 1.70. The average molecular weight is 245 g/mol. The van der Waals surface area contributed by atoms with Gasteiger partial charge in [0, 0.05) is 0 Å². The van der Waals surface area contributed by atoms with Crippen molar-refractivity contribution in [3.63, 3.8) is 0 Å². The minimum absolute atomic E-state index is 0.347. The van der Waals surface area contributed by atoms with Gasteiger partial charge in [-0.05, 0) is 23.6 Å². The molecule has 17 heavy (non-hydrogen) atoms. The lowest BCUT2D eigenvalue weighted by Gasteiger charge is -1.81. The number of imidazole rings is 1. The van der Waals surface area contributed by atoms with Crippen LogP contribution >= 0.6 is 11.3 Å². The second kappa shape index (κ2) is 5.27. The number of aromatic nitrogens is 2. The van der Waals surface area contributed by atoms with Gasteiger partial charge in [0.1, 0.15) is 0 Å². The molecule has 1 amide bonds. The first kappa shape index (κ1) is 11.3. The molecule has 86 valence electrons. The molecule has 0 bridgehead atoms. The largest absolute Gasteiger partial charge is 0.365 e. The van der Waals surface area contributed by atoms with Crippen molar-refractivity contribution in [1.29, 1.82) is 0 Å². The first-order valence-corrected chi connectivity index (χ1v) is 5.87. The van der Waals surface area contributed by atoms with Gasteiger partial charge < -0.3 is 10.7 Å². The van der Waals surface area contributed by atoms with Crippen LogP contribution in [-0.2, 0) is 0 Å². The number of hydrogen-bond acceptors (Lipinski definition) is 3. The van der Waals surface area contributed by atoms with Gasteiger partial charge in [0.15, 0.2) is 0 Å². The molecule has 0 saturated heterocycles. The fraction of sp³-hybridized carbons (Fsp3) is 0. The number of nitrogens with one attached hydrogen (secondary N) is 1. The van der Waals surface area contributed by atoms with Crippen LogP contribution in [0.2, 0.25) is 0 Å². The molecule has 4 nitrogen and oxygen atoms in total. The molecule has 2 heterocycles. The number of nitrogens with two attached hydrogens (primary N) is 1. The highest BCUT2D eigenvalue weighted by atomic mass is 32.1. The number of nitrogens with zero attached hydrogens (tertiary/aromatic N) is 1. The summed E-state index contributed by atoms with van der Waals surface area (Å²) < 4.78 is 0. The van der Waals surface area contributed by atoms with E-state index in [0.717, 1.165) is 11.0 Å². The van der Waals surface area contributed by atoms with E-state index in [4.69, 9.17) is 5.73 Å². The predicted molar refractivity (Wildman–Crippen MR) is 68.9 cm³/mol. The molecular formula is C12H11N3OS. The van der Waals surface area contributed by atoms with E-state index in [-0.39, 0.29) is 5.91 Å².